The molecule has 90 valence electrons. The minimum Gasteiger partial charge on any atom is -0.105 e. The van der Waals surface area contributed by atoms with Crippen molar-refractivity contribution in [3.63, 3.8) is 0 Å². The average molecular weight is 218 g/mol. The number of hydrogen-bond donors (Lipinski definition) is 0. The predicted molar refractivity (Wildman–Crippen MR) is 73.0 cm³/mol. The molecule has 0 saturated carbocycles. The fraction of sp³-hybridized carbons (Fsp3) is 0.750. The van der Waals surface area contributed by atoms with Gasteiger partial charge in [-0.1, -0.05) is 57.8 Å². The molecule has 0 aromatic heterocycles. The molecule has 0 aliphatic rings. The number of unbranched alkanes of at least 4 members (excludes halogenated alkanes) is 5. The predicted octanol–water partition coefficient (Wildman–Crippen LogP) is 4.79. The van der Waals surface area contributed by atoms with E-state index in [0.717, 1.165) is 12.8 Å². The fourth-order valence-electron chi connectivity index (χ4n) is 1.60. The molecular weight excluding hydrogens is 192 g/mol. The van der Waals surface area contributed by atoms with Gasteiger partial charge in [0, 0.05) is 6.42 Å². The third-order valence-electron chi connectivity index (χ3n) is 2.60. The van der Waals surface area contributed by atoms with Crippen LogP contribution in [0.15, 0.2) is 0 Å². The van der Waals surface area contributed by atoms with Gasteiger partial charge in [-0.15, -0.1) is 11.8 Å². The van der Waals surface area contributed by atoms with Crippen LogP contribution in [0.3, 0.4) is 0 Å². The Labute approximate surface area is 102 Å². The number of rotatable bonds is 7. The maximum absolute atomic E-state index is 3.31. The van der Waals surface area contributed by atoms with Gasteiger partial charge in [0.05, 0.1) is 5.92 Å². The first-order valence-corrected chi connectivity index (χ1v) is 6.75. The molecule has 1 atom stereocenters. The van der Waals surface area contributed by atoms with E-state index in [0.29, 0.717) is 5.92 Å². The summed E-state index contributed by atoms with van der Waals surface area (Å²) in [5.74, 6) is 13.1. The third-order valence-corrected chi connectivity index (χ3v) is 2.60. The molecule has 0 heteroatoms. The molecule has 0 nitrogen and oxygen atoms in total. The molecule has 0 bridgehead atoms. The molecular formula is C16H26. The highest BCUT2D eigenvalue weighted by atomic mass is 14.0. The summed E-state index contributed by atoms with van der Waals surface area (Å²) in [6.07, 6.45) is 9.88. The molecule has 0 heterocycles. The quantitative estimate of drug-likeness (QED) is 0.426. The Morgan fingerprint density at radius 3 is 2.25 bits per heavy atom. The van der Waals surface area contributed by atoms with Crippen molar-refractivity contribution in [2.45, 2.75) is 72.1 Å². The monoisotopic (exact) mass is 218 g/mol. The highest BCUT2D eigenvalue weighted by Gasteiger charge is 1.98. The van der Waals surface area contributed by atoms with Crippen LogP contribution in [0.4, 0.5) is 0 Å². The van der Waals surface area contributed by atoms with Crippen molar-refractivity contribution < 1.29 is 0 Å². The Balaban J connectivity index is 3.78. The Kier molecular flexibility index (Phi) is 11.5. The summed E-state index contributed by atoms with van der Waals surface area (Å²) in [7, 11) is 0. The van der Waals surface area contributed by atoms with Crippen LogP contribution < -0.4 is 0 Å². The van der Waals surface area contributed by atoms with Crippen molar-refractivity contribution in [3.8, 4) is 23.7 Å². The first-order chi connectivity index (χ1) is 7.85. The van der Waals surface area contributed by atoms with E-state index in [9.17, 15) is 0 Å². The van der Waals surface area contributed by atoms with E-state index in [1.165, 1.54) is 38.5 Å². The van der Waals surface area contributed by atoms with E-state index in [-0.39, 0.29) is 0 Å². The van der Waals surface area contributed by atoms with Gasteiger partial charge in [0.15, 0.2) is 0 Å². The second-order valence-corrected chi connectivity index (χ2v) is 4.22. The van der Waals surface area contributed by atoms with E-state index in [4.69, 9.17) is 0 Å². The van der Waals surface area contributed by atoms with Crippen LogP contribution in [0.25, 0.3) is 0 Å². The van der Waals surface area contributed by atoms with Gasteiger partial charge in [-0.25, -0.2) is 0 Å². The van der Waals surface area contributed by atoms with E-state index >= 15 is 0 Å². The highest BCUT2D eigenvalue weighted by molar-refractivity contribution is 5.16. The molecule has 0 aromatic rings. The topological polar surface area (TPSA) is 0 Å². The molecule has 16 heavy (non-hydrogen) atoms. The van der Waals surface area contributed by atoms with Crippen LogP contribution in [0.5, 0.6) is 0 Å². The maximum atomic E-state index is 3.31. The first kappa shape index (κ1) is 15.1. The molecule has 0 spiro atoms. The molecule has 0 rings (SSSR count). The third kappa shape index (κ3) is 9.67. The molecule has 0 aromatic carbocycles. The van der Waals surface area contributed by atoms with Gasteiger partial charge in [-0.2, -0.15) is 0 Å². The zero-order valence-electron chi connectivity index (χ0n) is 11.2. The Bertz CT molecular complexity index is 253. The van der Waals surface area contributed by atoms with Gasteiger partial charge < -0.3 is 0 Å². The zero-order chi connectivity index (χ0) is 12.1. The standard InChI is InChI=1S/C16H26/c1-4-7-9-10-11-12-15-16(13-6-3)14-8-5-2/h16H,4-5,7-11,14H2,1-3H3. The normalized spacial score (nSPS) is 10.9. The van der Waals surface area contributed by atoms with Crippen LogP contribution in [-0.4, -0.2) is 0 Å². The van der Waals surface area contributed by atoms with Crippen molar-refractivity contribution in [3.05, 3.63) is 0 Å². The second kappa shape index (κ2) is 12.2. The number of hydrogen-bond acceptors (Lipinski definition) is 0. The Morgan fingerprint density at radius 2 is 1.62 bits per heavy atom. The zero-order valence-corrected chi connectivity index (χ0v) is 11.2. The van der Waals surface area contributed by atoms with E-state index in [1.54, 1.807) is 0 Å². The summed E-state index contributed by atoms with van der Waals surface area (Å²) in [6.45, 7) is 6.36. The van der Waals surface area contributed by atoms with E-state index < -0.39 is 0 Å². The van der Waals surface area contributed by atoms with Crippen LogP contribution in [0.1, 0.15) is 72.1 Å². The van der Waals surface area contributed by atoms with E-state index in [1.807, 2.05) is 6.92 Å². The molecule has 0 aliphatic heterocycles. The van der Waals surface area contributed by atoms with Gasteiger partial charge >= 0.3 is 0 Å². The van der Waals surface area contributed by atoms with Crippen molar-refractivity contribution in [1.29, 1.82) is 0 Å². The Hall–Kier alpha value is -0.880. The van der Waals surface area contributed by atoms with Gasteiger partial charge in [0.25, 0.3) is 0 Å². The minimum absolute atomic E-state index is 0.316. The van der Waals surface area contributed by atoms with Gasteiger partial charge in [-0.05, 0) is 19.8 Å². The van der Waals surface area contributed by atoms with Gasteiger partial charge in [0.2, 0.25) is 0 Å². The van der Waals surface area contributed by atoms with Gasteiger partial charge in [-0.3, -0.25) is 0 Å². The summed E-state index contributed by atoms with van der Waals surface area (Å²) in [5, 5.41) is 0. The minimum atomic E-state index is 0.316. The van der Waals surface area contributed by atoms with Crippen molar-refractivity contribution in [2.75, 3.05) is 0 Å². The van der Waals surface area contributed by atoms with Crippen LogP contribution in [0, 0.1) is 29.6 Å². The Morgan fingerprint density at radius 1 is 0.875 bits per heavy atom. The maximum Gasteiger partial charge on any atom is 0.0811 e. The largest absolute Gasteiger partial charge is 0.105 e. The summed E-state index contributed by atoms with van der Waals surface area (Å²) >= 11 is 0. The average Bonchev–Trinajstić information content (AvgIpc) is 2.30. The molecule has 1 unspecified atom stereocenters. The lowest BCUT2D eigenvalue weighted by molar-refractivity contribution is 0.664. The SMILES string of the molecule is CC#CC(C#CCCCCCC)CCCC. The van der Waals surface area contributed by atoms with Crippen molar-refractivity contribution in [2.24, 2.45) is 5.92 Å². The lowest BCUT2D eigenvalue weighted by Crippen LogP contribution is -1.92. The van der Waals surface area contributed by atoms with Gasteiger partial charge in [0.1, 0.15) is 0 Å². The van der Waals surface area contributed by atoms with Crippen LogP contribution in [0.2, 0.25) is 0 Å². The molecule has 0 amide bonds. The van der Waals surface area contributed by atoms with Crippen molar-refractivity contribution >= 4 is 0 Å². The fourth-order valence-corrected chi connectivity index (χ4v) is 1.60. The van der Waals surface area contributed by atoms with E-state index in [2.05, 4.69) is 37.5 Å². The molecule has 0 N–H and O–H groups in total. The molecule has 0 saturated heterocycles. The second-order valence-electron chi connectivity index (χ2n) is 4.22. The summed E-state index contributed by atoms with van der Waals surface area (Å²) in [4.78, 5) is 0. The van der Waals surface area contributed by atoms with Crippen LogP contribution >= 0.6 is 0 Å². The molecule has 0 fully saturated rings. The highest BCUT2D eigenvalue weighted by Crippen LogP contribution is 2.07. The summed E-state index contributed by atoms with van der Waals surface area (Å²) in [6, 6.07) is 0. The summed E-state index contributed by atoms with van der Waals surface area (Å²) in [5.41, 5.74) is 0. The first-order valence-electron chi connectivity index (χ1n) is 6.75. The van der Waals surface area contributed by atoms with Crippen LogP contribution in [-0.2, 0) is 0 Å². The lowest BCUT2D eigenvalue weighted by atomic mass is 10.0. The van der Waals surface area contributed by atoms with Crippen molar-refractivity contribution in [1.82, 2.24) is 0 Å². The smallest absolute Gasteiger partial charge is 0.0811 e. The molecule has 0 aliphatic carbocycles. The lowest BCUT2D eigenvalue weighted by Gasteiger charge is -2.00. The summed E-state index contributed by atoms with van der Waals surface area (Å²) < 4.78 is 0. The molecule has 0 radical (unpaired) electrons.